The van der Waals surface area contributed by atoms with Crippen LogP contribution in [0.25, 0.3) is 0 Å². The molecule has 0 aromatic carbocycles. The maximum atomic E-state index is 4.70. The number of nitrogens with zero attached hydrogens (tertiary/aromatic N) is 2. The van der Waals surface area contributed by atoms with Crippen molar-refractivity contribution in [1.82, 2.24) is 15.2 Å². The molecule has 2 aliphatic heterocycles. The van der Waals surface area contributed by atoms with Crippen molar-refractivity contribution < 1.29 is 0 Å². The second kappa shape index (κ2) is 5.90. The topological polar surface area (TPSA) is 28.2 Å². The summed E-state index contributed by atoms with van der Waals surface area (Å²) in [4.78, 5) is 7.41. The number of aromatic nitrogens is 1. The molecule has 0 spiro atoms. The van der Waals surface area contributed by atoms with Crippen LogP contribution >= 0.6 is 11.3 Å². The predicted octanol–water partition coefficient (Wildman–Crippen LogP) is 3.12. The number of aryl methyl sites for hydroxylation is 1. The van der Waals surface area contributed by atoms with E-state index in [1.165, 1.54) is 55.9 Å². The van der Waals surface area contributed by atoms with E-state index in [-0.39, 0.29) is 0 Å². The highest BCUT2D eigenvalue weighted by atomic mass is 32.1. The van der Waals surface area contributed by atoms with Crippen LogP contribution in [0.5, 0.6) is 0 Å². The Balaban J connectivity index is 1.75. The minimum Gasteiger partial charge on any atom is -0.312 e. The highest BCUT2D eigenvalue weighted by molar-refractivity contribution is 7.09. The van der Waals surface area contributed by atoms with Gasteiger partial charge in [0.1, 0.15) is 0 Å². The Labute approximate surface area is 120 Å². The first-order valence-corrected chi connectivity index (χ1v) is 8.55. The van der Waals surface area contributed by atoms with Crippen LogP contribution in [0.2, 0.25) is 0 Å². The molecule has 0 bridgehead atoms. The first-order chi connectivity index (χ1) is 9.25. The Morgan fingerprint density at radius 1 is 1.37 bits per heavy atom. The van der Waals surface area contributed by atoms with Crippen LogP contribution in [0, 0.1) is 6.92 Å². The molecule has 106 valence electrons. The number of nitrogens with one attached hydrogen (secondary N) is 1. The summed E-state index contributed by atoms with van der Waals surface area (Å²) in [6.07, 6.45) is 6.78. The van der Waals surface area contributed by atoms with Crippen molar-refractivity contribution in [1.29, 1.82) is 0 Å². The van der Waals surface area contributed by atoms with Gasteiger partial charge in [-0.15, -0.1) is 11.3 Å². The number of likely N-dealkylation sites (tertiary alicyclic amines) is 1. The van der Waals surface area contributed by atoms with E-state index in [1.807, 2.05) is 0 Å². The van der Waals surface area contributed by atoms with Crippen LogP contribution in [0.4, 0.5) is 0 Å². The highest BCUT2D eigenvalue weighted by Crippen LogP contribution is 2.32. The first kappa shape index (κ1) is 13.5. The smallest absolute Gasteiger partial charge is 0.0898 e. The molecule has 1 aromatic heterocycles. The molecule has 3 heterocycles. The van der Waals surface area contributed by atoms with Crippen LogP contribution in [0.3, 0.4) is 0 Å². The van der Waals surface area contributed by atoms with E-state index < -0.39 is 0 Å². The summed E-state index contributed by atoms with van der Waals surface area (Å²) in [5.74, 6) is 0. The van der Waals surface area contributed by atoms with Crippen molar-refractivity contribution in [3.63, 3.8) is 0 Å². The monoisotopic (exact) mass is 279 g/mol. The third-order valence-corrected chi connectivity index (χ3v) is 5.51. The van der Waals surface area contributed by atoms with Crippen molar-refractivity contribution in [3.05, 3.63) is 16.1 Å². The predicted molar refractivity (Wildman–Crippen MR) is 80.6 cm³/mol. The van der Waals surface area contributed by atoms with Crippen LogP contribution in [0.15, 0.2) is 5.38 Å². The van der Waals surface area contributed by atoms with Gasteiger partial charge < -0.3 is 5.32 Å². The molecule has 3 nitrogen and oxygen atoms in total. The second-order valence-corrected chi connectivity index (χ2v) is 7.03. The van der Waals surface area contributed by atoms with E-state index in [0.29, 0.717) is 18.1 Å². The van der Waals surface area contributed by atoms with Crippen molar-refractivity contribution in [3.8, 4) is 0 Å². The molecule has 0 saturated carbocycles. The molecule has 1 N–H and O–H groups in total. The van der Waals surface area contributed by atoms with Gasteiger partial charge in [0.2, 0.25) is 0 Å². The molecular formula is C15H25N3S. The Morgan fingerprint density at radius 3 is 2.95 bits per heavy atom. The molecule has 19 heavy (non-hydrogen) atoms. The molecule has 0 aliphatic carbocycles. The van der Waals surface area contributed by atoms with Crippen LogP contribution in [-0.4, -0.2) is 35.1 Å². The summed E-state index contributed by atoms with van der Waals surface area (Å²) in [6, 6.07) is 1.90. The zero-order chi connectivity index (χ0) is 13.2. The Kier molecular flexibility index (Phi) is 4.20. The standard InChI is InChI=1S/C15H25N3S/c1-11(14-10-19-12(2)17-14)18-9-4-3-7-15(18)13-6-5-8-16-13/h10-11,13,15-16H,3-9H2,1-2H3. The van der Waals surface area contributed by atoms with Crippen LogP contribution < -0.4 is 5.32 Å². The molecule has 3 unspecified atom stereocenters. The van der Waals surface area contributed by atoms with Crippen molar-refractivity contribution in [2.75, 3.05) is 13.1 Å². The van der Waals surface area contributed by atoms with Crippen LogP contribution in [0.1, 0.15) is 55.8 Å². The number of hydrogen-bond donors (Lipinski definition) is 1. The largest absolute Gasteiger partial charge is 0.312 e. The number of rotatable bonds is 3. The van der Waals surface area contributed by atoms with Gasteiger partial charge in [-0.1, -0.05) is 6.42 Å². The Bertz CT molecular complexity index is 411. The fraction of sp³-hybridized carbons (Fsp3) is 0.800. The summed E-state index contributed by atoms with van der Waals surface area (Å²) >= 11 is 1.78. The molecule has 3 atom stereocenters. The zero-order valence-corrected chi connectivity index (χ0v) is 12.9. The lowest BCUT2D eigenvalue weighted by Gasteiger charge is -2.42. The van der Waals surface area contributed by atoms with Gasteiger partial charge in [-0.3, -0.25) is 4.90 Å². The maximum Gasteiger partial charge on any atom is 0.0898 e. The van der Waals surface area contributed by atoms with E-state index in [9.17, 15) is 0 Å². The molecule has 3 rings (SSSR count). The minimum atomic E-state index is 0.470. The van der Waals surface area contributed by atoms with Gasteiger partial charge in [-0.25, -0.2) is 4.98 Å². The summed E-state index contributed by atoms with van der Waals surface area (Å²) in [5.41, 5.74) is 1.27. The van der Waals surface area contributed by atoms with E-state index in [1.54, 1.807) is 11.3 Å². The Morgan fingerprint density at radius 2 is 2.26 bits per heavy atom. The van der Waals surface area contributed by atoms with Crippen LogP contribution in [-0.2, 0) is 0 Å². The zero-order valence-electron chi connectivity index (χ0n) is 12.1. The minimum absolute atomic E-state index is 0.470. The van der Waals surface area contributed by atoms with Gasteiger partial charge in [-0.05, 0) is 52.6 Å². The van der Waals surface area contributed by atoms with Crippen molar-refractivity contribution in [2.24, 2.45) is 0 Å². The fourth-order valence-corrected chi connectivity index (χ4v) is 4.37. The molecule has 2 saturated heterocycles. The molecule has 0 radical (unpaired) electrons. The lowest BCUT2D eigenvalue weighted by Crippen LogP contribution is -2.51. The summed E-state index contributed by atoms with van der Waals surface area (Å²) in [5, 5.41) is 7.14. The molecule has 2 fully saturated rings. The average Bonchev–Trinajstić information content (AvgIpc) is 3.09. The van der Waals surface area contributed by atoms with E-state index >= 15 is 0 Å². The number of hydrogen-bond acceptors (Lipinski definition) is 4. The van der Waals surface area contributed by atoms with E-state index in [2.05, 4.69) is 29.4 Å². The van der Waals surface area contributed by atoms with Crippen molar-refractivity contribution >= 4 is 11.3 Å². The van der Waals surface area contributed by atoms with Gasteiger partial charge in [0.25, 0.3) is 0 Å². The third-order valence-electron chi connectivity index (χ3n) is 4.72. The normalized spacial score (nSPS) is 30.6. The SMILES string of the molecule is Cc1nc(C(C)N2CCCCC2C2CCCN2)cs1. The van der Waals surface area contributed by atoms with Gasteiger partial charge >= 0.3 is 0 Å². The third kappa shape index (κ3) is 2.86. The number of piperidine rings is 1. The van der Waals surface area contributed by atoms with Gasteiger partial charge in [-0.2, -0.15) is 0 Å². The summed E-state index contributed by atoms with van der Waals surface area (Å²) in [6.45, 7) is 6.88. The quantitative estimate of drug-likeness (QED) is 0.921. The lowest BCUT2D eigenvalue weighted by molar-refractivity contribution is 0.0787. The molecule has 0 amide bonds. The average molecular weight is 279 g/mol. The molecule has 1 aromatic rings. The fourth-order valence-electron chi connectivity index (χ4n) is 3.67. The second-order valence-electron chi connectivity index (χ2n) is 5.97. The van der Waals surface area contributed by atoms with E-state index in [4.69, 9.17) is 4.98 Å². The lowest BCUT2D eigenvalue weighted by atomic mass is 9.92. The Hall–Kier alpha value is -0.450. The van der Waals surface area contributed by atoms with Crippen molar-refractivity contribution in [2.45, 2.75) is 64.1 Å². The highest BCUT2D eigenvalue weighted by Gasteiger charge is 2.34. The van der Waals surface area contributed by atoms with Gasteiger partial charge in [0, 0.05) is 17.5 Å². The van der Waals surface area contributed by atoms with Gasteiger partial charge in [0.15, 0.2) is 0 Å². The van der Waals surface area contributed by atoms with Gasteiger partial charge in [0.05, 0.1) is 16.7 Å². The summed E-state index contributed by atoms with van der Waals surface area (Å²) in [7, 11) is 0. The first-order valence-electron chi connectivity index (χ1n) is 7.67. The van der Waals surface area contributed by atoms with E-state index in [0.717, 1.165) is 0 Å². The maximum absolute atomic E-state index is 4.70. The number of thiazole rings is 1. The molecule has 4 heteroatoms. The summed E-state index contributed by atoms with van der Waals surface area (Å²) < 4.78 is 0. The molecular weight excluding hydrogens is 254 g/mol. The molecule has 2 aliphatic rings.